The average Bonchev–Trinajstić information content (AvgIpc) is 2.53. The zero-order valence-electron chi connectivity index (χ0n) is 11.8. The van der Waals surface area contributed by atoms with Crippen LogP contribution in [0.5, 0.6) is 0 Å². The van der Waals surface area contributed by atoms with E-state index in [0.717, 1.165) is 30.3 Å². The molecule has 122 valence electrons. The Morgan fingerprint density at radius 1 is 0.708 bits per heavy atom. The number of carboxylic acid groups (broad SMARTS) is 4. The minimum Gasteiger partial charge on any atom is -0.478 e. The minimum absolute atomic E-state index is 0.0193. The summed E-state index contributed by atoms with van der Waals surface area (Å²) in [6.07, 6.45) is 0. The molecule has 4 N–H and O–H groups in total. The fourth-order valence-electron chi connectivity index (χ4n) is 2.00. The summed E-state index contributed by atoms with van der Waals surface area (Å²) in [7, 11) is 0. The van der Waals surface area contributed by atoms with Gasteiger partial charge in [0.25, 0.3) is 0 Å². The van der Waals surface area contributed by atoms with Crippen molar-refractivity contribution in [2.24, 2.45) is 0 Å². The van der Waals surface area contributed by atoms with Gasteiger partial charge in [0.2, 0.25) is 0 Å². The molecule has 0 fully saturated rings. The molecule has 1 aromatic heterocycles. The summed E-state index contributed by atoms with van der Waals surface area (Å²) in [4.78, 5) is 48.0. The second-order valence-corrected chi connectivity index (χ2v) is 4.61. The van der Waals surface area contributed by atoms with E-state index in [0.29, 0.717) is 0 Å². The van der Waals surface area contributed by atoms with Crippen LogP contribution in [0.2, 0.25) is 0 Å². The van der Waals surface area contributed by atoms with Crippen molar-refractivity contribution in [1.82, 2.24) is 4.98 Å². The zero-order chi connectivity index (χ0) is 18.0. The Labute approximate surface area is 133 Å². The van der Waals surface area contributed by atoms with Crippen LogP contribution in [-0.2, 0) is 0 Å². The van der Waals surface area contributed by atoms with E-state index >= 15 is 0 Å². The van der Waals surface area contributed by atoms with Gasteiger partial charge in [0.1, 0.15) is 5.69 Å². The summed E-state index contributed by atoms with van der Waals surface area (Å²) < 4.78 is 0. The van der Waals surface area contributed by atoms with Crippen LogP contribution in [0.1, 0.15) is 41.7 Å². The standard InChI is InChI=1S/C15H9NO8/c17-12(18)7-3-6(4-8(5-7)13(19)20)9-1-2-10(14(21)22)16-11(9)15(23)24/h1-5H,(H,17,18)(H,19,20)(H,21,22)(H,23,24). The van der Waals surface area contributed by atoms with Gasteiger partial charge in [-0.15, -0.1) is 0 Å². The fraction of sp³-hybridized carbons (Fsp3) is 0. The van der Waals surface area contributed by atoms with Gasteiger partial charge in [-0.25, -0.2) is 24.2 Å². The number of hydrogen-bond donors (Lipinski definition) is 4. The highest BCUT2D eigenvalue weighted by molar-refractivity contribution is 6.00. The topological polar surface area (TPSA) is 162 Å². The van der Waals surface area contributed by atoms with E-state index in [2.05, 4.69) is 4.98 Å². The Morgan fingerprint density at radius 3 is 1.67 bits per heavy atom. The Kier molecular flexibility index (Phi) is 4.27. The first kappa shape index (κ1) is 16.6. The van der Waals surface area contributed by atoms with Gasteiger partial charge in [-0.2, -0.15) is 0 Å². The number of rotatable bonds is 5. The lowest BCUT2D eigenvalue weighted by molar-refractivity contribution is 0.0670. The highest BCUT2D eigenvalue weighted by Crippen LogP contribution is 2.26. The maximum Gasteiger partial charge on any atom is 0.355 e. The number of pyridine rings is 1. The van der Waals surface area contributed by atoms with Crippen LogP contribution in [-0.4, -0.2) is 49.3 Å². The third-order valence-corrected chi connectivity index (χ3v) is 3.05. The molecule has 0 atom stereocenters. The van der Waals surface area contributed by atoms with Crippen molar-refractivity contribution in [3.05, 3.63) is 52.8 Å². The molecule has 0 aliphatic heterocycles. The lowest BCUT2D eigenvalue weighted by Crippen LogP contribution is -2.10. The van der Waals surface area contributed by atoms with E-state index in [1.54, 1.807) is 0 Å². The summed E-state index contributed by atoms with van der Waals surface area (Å²) in [5, 5.41) is 36.2. The fourth-order valence-corrected chi connectivity index (χ4v) is 2.00. The SMILES string of the molecule is O=C(O)c1cc(C(=O)O)cc(-c2ccc(C(=O)O)nc2C(=O)O)c1. The predicted octanol–water partition coefficient (Wildman–Crippen LogP) is 1.54. The van der Waals surface area contributed by atoms with Crippen LogP contribution in [0.15, 0.2) is 30.3 Å². The molecule has 9 nitrogen and oxygen atoms in total. The number of carbonyl (C=O) groups is 4. The molecule has 0 aliphatic carbocycles. The number of nitrogens with zero attached hydrogens (tertiary/aromatic N) is 1. The zero-order valence-corrected chi connectivity index (χ0v) is 11.8. The lowest BCUT2D eigenvalue weighted by Gasteiger charge is -2.09. The molecule has 0 amide bonds. The summed E-state index contributed by atoms with van der Waals surface area (Å²) in [5.74, 6) is -5.77. The largest absolute Gasteiger partial charge is 0.478 e. The molecule has 0 saturated heterocycles. The van der Waals surface area contributed by atoms with Crippen molar-refractivity contribution in [2.75, 3.05) is 0 Å². The van der Waals surface area contributed by atoms with E-state index in [-0.39, 0.29) is 22.3 Å². The quantitative estimate of drug-likeness (QED) is 0.636. The van der Waals surface area contributed by atoms with Gasteiger partial charge in [-0.1, -0.05) is 0 Å². The lowest BCUT2D eigenvalue weighted by atomic mass is 9.98. The molecule has 0 aliphatic rings. The molecule has 2 rings (SSSR count). The normalized spacial score (nSPS) is 10.2. The van der Waals surface area contributed by atoms with Crippen molar-refractivity contribution in [3.63, 3.8) is 0 Å². The van der Waals surface area contributed by atoms with Crippen molar-refractivity contribution in [1.29, 1.82) is 0 Å². The molecule has 0 spiro atoms. The molecule has 1 heterocycles. The maximum absolute atomic E-state index is 11.3. The van der Waals surface area contributed by atoms with Crippen molar-refractivity contribution >= 4 is 23.9 Å². The Morgan fingerprint density at radius 2 is 1.25 bits per heavy atom. The van der Waals surface area contributed by atoms with Crippen LogP contribution in [0.3, 0.4) is 0 Å². The van der Waals surface area contributed by atoms with E-state index < -0.39 is 35.3 Å². The molecule has 0 unspecified atom stereocenters. The van der Waals surface area contributed by atoms with Gasteiger partial charge in [-0.3, -0.25) is 0 Å². The van der Waals surface area contributed by atoms with Crippen LogP contribution in [0.25, 0.3) is 11.1 Å². The molecular weight excluding hydrogens is 322 g/mol. The van der Waals surface area contributed by atoms with Gasteiger partial charge >= 0.3 is 23.9 Å². The Bertz CT molecular complexity index is 855. The van der Waals surface area contributed by atoms with Crippen LogP contribution < -0.4 is 0 Å². The first-order chi connectivity index (χ1) is 11.2. The molecule has 9 heteroatoms. The van der Waals surface area contributed by atoms with E-state index in [1.165, 1.54) is 0 Å². The number of benzene rings is 1. The van der Waals surface area contributed by atoms with Gasteiger partial charge in [0, 0.05) is 5.56 Å². The van der Waals surface area contributed by atoms with Crippen molar-refractivity contribution < 1.29 is 39.6 Å². The van der Waals surface area contributed by atoms with Crippen LogP contribution in [0, 0.1) is 0 Å². The second kappa shape index (κ2) is 6.16. The summed E-state index contributed by atoms with van der Waals surface area (Å²) in [5.41, 5.74) is -1.97. The summed E-state index contributed by atoms with van der Waals surface area (Å²) in [6, 6.07) is 5.26. The highest BCUT2D eigenvalue weighted by Gasteiger charge is 2.20. The first-order valence-electron chi connectivity index (χ1n) is 6.30. The van der Waals surface area contributed by atoms with Gasteiger partial charge in [0.05, 0.1) is 11.1 Å². The third-order valence-electron chi connectivity index (χ3n) is 3.05. The smallest absolute Gasteiger partial charge is 0.355 e. The number of aromatic nitrogens is 1. The van der Waals surface area contributed by atoms with Gasteiger partial charge in [-0.05, 0) is 35.9 Å². The average molecular weight is 331 g/mol. The van der Waals surface area contributed by atoms with Crippen LogP contribution in [0.4, 0.5) is 0 Å². The molecule has 2 aromatic rings. The van der Waals surface area contributed by atoms with Crippen molar-refractivity contribution in [3.8, 4) is 11.1 Å². The number of aromatic carboxylic acids is 4. The molecule has 0 saturated carbocycles. The number of carboxylic acids is 4. The predicted molar refractivity (Wildman–Crippen MR) is 77.5 cm³/mol. The maximum atomic E-state index is 11.3. The minimum atomic E-state index is -1.54. The summed E-state index contributed by atoms with van der Waals surface area (Å²) >= 11 is 0. The molecular formula is C15H9NO8. The molecule has 0 bridgehead atoms. The Balaban J connectivity index is 2.75. The van der Waals surface area contributed by atoms with Gasteiger partial charge in [0.15, 0.2) is 5.69 Å². The third kappa shape index (κ3) is 3.19. The number of hydrogen-bond acceptors (Lipinski definition) is 5. The van der Waals surface area contributed by atoms with Gasteiger partial charge < -0.3 is 20.4 Å². The van der Waals surface area contributed by atoms with Crippen molar-refractivity contribution in [2.45, 2.75) is 0 Å². The van der Waals surface area contributed by atoms with E-state index in [4.69, 9.17) is 15.3 Å². The Hall–Kier alpha value is -3.75. The van der Waals surface area contributed by atoms with Crippen LogP contribution >= 0.6 is 0 Å². The monoisotopic (exact) mass is 331 g/mol. The first-order valence-corrected chi connectivity index (χ1v) is 6.30. The highest BCUT2D eigenvalue weighted by atomic mass is 16.4. The van der Waals surface area contributed by atoms with E-state index in [9.17, 15) is 24.3 Å². The molecule has 24 heavy (non-hydrogen) atoms. The molecule has 1 aromatic carbocycles. The second-order valence-electron chi connectivity index (χ2n) is 4.61. The summed E-state index contributed by atoms with van der Waals surface area (Å²) in [6.45, 7) is 0. The van der Waals surface area contributed by atoms with E-state index in [1.807, 2.05) is 0 Å². The molecule has 0 radical (unpaired) electrons.